The van der Waals surface area contributed by atoms with E-state index in [2.05, 4.69) is 9.72 Å². The molecule has 2 aromatic carbocycles. The zero-order valence-corrected chi connectivity index (χ0v) is 17.6. The van der Waals surface area contributed by atoms with Gasteiger partial charge in [0.15, 0.2) is 0 Å². The molecule has 174 valence electrons. The number of pyridine rings is 1. The van der Waals surface area contributed by atoms with Crippen LogP contribution in [-0.2, 0) is 9.59 Å². The van der Waals surface area contributed by atoms with Crippen LogP contribution in [0.25, 0.3) is 5.76 Å². The van der Waals surface area contributed by atoms with Crippen molar-refractivity contribution >= 4 is 23.1 Å². The number of aromatic nitrogens is 1. The van der Waals surface area contributed by atoms with Gasteiger partial charge < -0.3 is 14.6 Å². The first-order chi connectivity index (χ1) is 16.2. The topological polar surface area (TPSA) is 89.0 Å². The van der Waals surface area contributed by atoms with Crippen molar-refractivity contribution in [1.29, 1.82) is 0 Å². The number of amides is 1. The molecule has 0 spiro atoms. The van der Waals surface area contributed by atoms with Gasteiger partial charge in [-0.15, -0.1) is 13.2 Å². The summed E-state index contributed by atoms with van der Waals surface area (Å²) in [5, 5.41) is 11.1. The summed E-state index contributed by atoms with van der Waals surface area (Å²) in [6.45, 7) is 0. The number of anilines is 1. The van der Waals surface area contributed by atoms with Gasteiger partial charge in [-0.3, -0.25) is 19.5 Å². The summed E-state index contributed by atoms with van der Waals surface area (Å²) in [7, 11) is 1.38. The number of ether oxygens (including phenoxy) is 2. The molecule has 1 amide bonds. The second kappa shape index (κ2) is 8.89. The Kier molecular flexibility index (Phi) is 5.97. The van der Waals surface area contributed by atoms with Gasteiger partial charge in [0.1, 0.15) is 23.3 Å². The van der Waals surface area contributed by atoms with Gasteiger partial charge in [-0.2, -0.15) is 0 Å². The Hall–Kier alpha value is -4.34. The van der Waals surface area contributed by atoms with Crippen LogP contribution < -0.4 is 14.4 Å². The Balaban J connectivity index is 1.91. The third-order valence-electron chi connectivity index (χ3n) is 5.10. The highest BCUT2D eigenvalue weighted by molar-refractivity contribution is 6.51. The molecule has 7 nitrogen and oxygen atoms in total. The van der Waals surface area contributed by atoms with E-state index in [1.165, 1.54) is 37.6 Å². The number of halogens is 3. The van der Waals surface area contributed by atoms with Crippen molar-refractivity contribution in [2.24, 2.45) is 0 Å². The van der Waals surface area contributed by atoms with Crippen molar-refractivity contribution in [3.8, 4) is 11.5 Å². The molecule has 1 aliphatic heterocycles. The van der Waals surface area contributed by atoms with Crippen LogP contribution in [-0.4, -0.2) is 35.3 Å². The van der Waals surface area contributed by atoms with E-state index in [9.17, 15) is 27.9 Å². The number of nitrogens with zero attached hydrogens (tertiary/aromatic N) is 2. The second-order valence-corrected chi connectivity index (χ2v) is 7.17. The second-order valence-electron chi connectivity index (χ2n) is 7.17. The zero-order chi connectivity index (χ0) is 24.5. The summed E-state index contributed by atoms with van der Waals surface area (Å²) in [5.41, 5.74) is 0.0623. The highest BCUT2D eigenvalue weighted by atomic mass is 19.4. The summed E-state index contributed by atoms with van der Waals surface area (Å²) < 4.78 is 47.4. The molecule has 1 aliphatic rings. The van der Waals surface area contributed by atoms with Crippen LogP contribution in [0.15, 0.2) is 78.5 Å². The fourth-order valence-electron chi connectivity index (χ4n) is 3.73. The third kappa shape index (κ3) is 4.29. The van der Waals surface area contributed by atoms with E-state index < -0.39 is 35.6 Å². The van der Waals surface area contributed by atoms with E-state index in [4.69, 9.17) is 4.74 Å². The number of aliphatic hydroxyl groups excluding tert-OH is 1. The SMILES string of the molecule is COc1ccccc1/C(O)=C1\C(=O)C(=O)N(c2cccc(OC(F)(F)F)c2)C1c1ccccn1. The van der Waals surface area contributed by atoms with Crippen LogP contribution in [0, 0.1) is 0 Å². The molecule has 0 radical (unpaired) electrons. The molecule has 1 saturated heterocycles. The van der Waals surface area contributed by atoms with E-state index >= 15 is 0 Å². The van der Waals surface area contributed by atoms with Crippen LogP contribution in [0.2, 0.25) is 0 Å². The van der Waals surface area contributed by atoms with Gasteiger partial charge in [-0.1, -0.05) is 24.3 Å². The van der Waals surface area contributed by atoms with Crippen LogP contribution in [0.1, 0.15) is 17.3 Å². The molecule has 3 aromatic rings. The summed E-state index contributed by atoms with van der Waals surface area (Å²) in [4.78, 5) is 31.4. The van der Waals surface area contributed by atoms with Crippen LogP contribution in [0.5, 0.6) is 11.5 Å². The van der Waals surface area contributed by atoms with Crippen LogP contribution in [0.3, 0.4) is 0 Å². The van der Waals surface area contributed by atoms with Gasteiger partial charge >= 0.3 is 6.36 Å². The molecule has 1 aromatic heterocycles. The zero-order valence-electron chi connectivity index (χ0n) is 17.6. The summed E-state index contributed by atoms with van der Waals surface area (Å²) >= 11 is 0. The monoisotopic (exact) mass is 470 g/mol. The number of ketones is 1. The Labute approximate surface area is 191 Å². The van der Waals surface area contributed by atoms with Crippen molar-refractivity contribution in [3.63, 3.8) is 0 Å². The number of carbonyl (C=O) groups is 2. The number of benzene rings is 2. The smallest absolute Gasteiger partial charge is 0.507 e. The molecule has 1 unspecified atom stereocenters. The van der Waals surface area contributed by atoms with Crippen molar-refractivity contribution in [2.75, 3.05) is 12.0 Å². The lowest BCUT2D eigenvalue weighted by molar-refractivity contribution is -0.274. The number of aliphatic hydroxyl groups is 1. The van der Waals surface area contributed by atoms with Gasteiger partial charge in [-0.05, 0) is 36.4 Å². The standard InChI is InChI=1S/C24H17F3N2O5/c1-33-18-11-3-2-9-16(18)21(30)19-20(17-10-4-5-12-28-17)29(23(32)22(19)31)14-7-6-8-15(13-14)34-24(25,26)27/h2-13,20,30H,1H3/b21-19+. The van der Waals surface area contributed by atoms with Crippen molar-refractivity contribution in [3.05, 3.63) is 89.8 Å². The van der Waals surface area contributed by atoms with Gasteiger partial charge in [-0.25, -0.2) is 0 Å². The Bertz CT molecular complexity index is 1270. The highest BCUT2D eigenvalue weighted by Gasteiger charge is 2.48. The molecular weight excluding hydrogens is 453 g/mol. The summed E-state index contributed by atoms with van der Waals surface area (Å²) in [6.07, 6.45) is -3.52. The fourth-order valence-corrected chi connectivity index (χ4v) is 3.73. The van der Waals surface area contributed by atoms with Crippen molar-refractivity contribution < 1.29 is 37.3 Å². The Morgan fingerprint density at radius 3 is 2.44 bits per heavy atom. The van der Waals surface area contributed by atoms with Crippen LogP contribution >= 0.6 is 0 Å². The number of rotatable bonds is 5. The van der Waals surface area contributed by atoms with E-state index in [0.29, 0.717) is 0 Å². The predicted molar refractivity (Wildman–Crippen MR) is 115 cm³/mol. The highest BCUT2D eigenvalue weighted by Crippen LogP contribution is 2.43. The maximum Gasteiger partial charge on any atom is 0.573 e. The first-order valence-electron chi connectivity index (χ1n) is 9.92. The molecule has 2 heterocycles. The number of hydrogen-bond acceptors (Lipinski definition) is 6. The fraction of sp³-hybridized carbons (Fsp3) is 0.125. The first-order valence-corrected chi connectivity index (χ1v) is 9.92. The van der Waals surface area contributed by atoms with Gasteiger partial charge in [0.25, 0.3) is 11.7 Å². The first kappa shape index (κ1) is 22.8. The van der Waals surface area contributed by atoms with E-state index in [1.54, 1.807) is 30.3 Å². The Morgan fingerprint density at radius 1 is 1.03 bits per heavy atom. The van der Waals surface area contributed by atoms with Crippen molar-refractivity contribution in [2.45, 2.75) is 12.4 Å². The van der Waals surface area contributed by atoms with Crippen LogP contribution in [0.4, 0.5) is 18.9 Å². The van der Waals surface area contributed by atoms with Gasteiger partial charge in [0.2, 0.25) is 0 Å². The largest absolute Gasteiger partial charge is 0.573 e. The van der Waals surface area contributed by atoms with E-state index in [0.717, 1.165) is 17.0 Å². The van der Waals surface area contributed by atoms with E-state index in [-0.39, 0.29) is 28.3 Å². The van der Waals surface area contributed by atoms with Gasteiger partial charge in [0, 0.05) is 18.0 Å². The lowest BCUT2D eigenvalue weighted by Crippen LogP contribution is -2.30. The minimum atomic E-state index is -4.95. The average Bonchev–Trinajstić information content (AvgIpc) is 3.08. The number of para-hydroxylation sites is 1. The molecule has 1 atom stereocenters. The number of alkyl halides is 3. The molecule has 0 saturated carbocycles. The van der Waals surface area contributed by atoms with Crippen molar-refractivity contribution in [1.82, 2.24) is 4.98 Å². The molecule has 4 rings (SSSR count). The quantitative estimate of drug-likeness (QED) is 0.333. The predicted octanol–water partition coefficient (Wildman–Crippen LogP) is 4.62. The summed E-state index contributed by atoms with van der Waals surface area (Å²) in [5.74, 6) is -2.89. The molecule has 0 bridgehead atoms. The maximum atomic E-state index is 13.1. The molecule has 34 heavy (non-hydrogen) atoms. The average molecular weight is 470 g/mol. The Morgan fingerprint density at radius 2 is 1.76 bits per heavy atom. The number of hydrogen-bond donors (Lipinski definition) is 1. The number of methoxy groups -OCH3 is 1. The molecule has 10 heteroatoms. The summed E-state index contributed by atoms with van der Waals surface area (Å²) in [6, 6.07) is 14.6. The number of Topliss-reactive ketones (excluding diaryl/α,β-unsaturated/α-hetero) is 1. The molecule has 1 N–H and O–H groups in total. The lowest BCUT2D eigenvalue weighted by Gasteiger charge is -2.25. The number of carbonyl (C=O) groups excluding carboxylic acids is 2. The lowest BCUT2D eigenvalue weighted by atomic mass is 9.97. The molecule has 1 fully saturated rings. The van der Waals surface area contributed by atoms with E-state index in [1.807, 2.05) is 0 Å². The maximum absolute atomic E-state index is 13.1. The molecule has 0 aliphatic carbocycles. The minimum Gasteiger partial charge on any atom is -0.507 e. The minimum absolute atomic E-state index is 0.0430. The third-order valence-corrected chi connectivity index (χ3v) is 5.10. The van der Waals surface area contributed by atoms with Gasteiger partial charge in [0.05, 0.1) is 23.9 Å². The molecular formula is C24H17F3N2O5. The normalized spacial score (nSPS) is 17.6.